The van der Waals surface area contributed by atoms with E-state index in [9.17, 15) is 4.79 Å². The highest BCUT2D eigenvalue weighted by Crippen LogP contribution is 2.49. The highest BCUT2D eigenvalue weighted by Gasteiger charge is 2.43. The smallest absolute Gasteiger partial charge is 0.410 e. The summed E-state index contributed by atoms with van der Waals surface area (Å²) < 4.78 is 5.39. The first-order valence-electron chi connectivity index (χ1n) is 8.56. The van der Waals surface area contributed by atoms with E-state index < -0.39 is 5.60 Å². The van der Waals surface area contributed by atoms with Crippen LogP contribution in [-0.2, 0) is 4.74 Å². The fraction of sp³-hybridized carbons (Fsp3) is 0.941. The molecule has 3 aliphatic rings. The Hall–Kier alpha value is -0.770. The van der Waals surface area contributed by atoms with E-state index in [-0.39, 0.29) is 6.09 Å². The van der Waals surface area contributed by atoms with Crippen LogP contribution in [0.5, 0.6) is 0 Å². The van der Waals surface area contributed by atoms with Crippen molar-refractivity contribution >= 4 is 6.09 Å². The second-order valence-corrected chi connectivity index (χ2v) is 8.38. The molecule has 2 saturated carbocycles. The van der Waals surface area contributed by atoms with Gasteiger partial charge in [-0.2, -0.15) is 0 Å². The number of hydrogen-bond acceptors (Lipinski definition) is 3. The highest BCUT2D eigenvalue weighted by atomic mass is 16.6. The van der Waals surface area contributed by atoms with Gasteiger partial charge in [-0.25, -0.2) is 4.79 Å². The first-order valence-corrected chi connectivity index (χ1v) is 8.56. The van der Waals surface area contributed by atoms with Crippen molar-refractivity contribution in [2.75, 3.05) is 13.1 Å². The predicted molar refractivity (Wildman–Crippen MR) is 83.1 cm³/mol. The molecular formula is C17H30N2O2. The summed E-state index contributed by atoms with van der Waals surface area (Å²) in [6.45, 7) is 9.66. The number of likely N-dealkylation sites (tertiary alicyclic amines) is 1. The summed E-state index contributed by atoms with van der Waals surface area (Å²) in [6.07, 6.45) is 5.61. The van der Waals surface area contributed by atoms with Crippen molar-refractivity contribution in [2.45, 2.75) is 71.1 Å². The number of ether oxygens (including phenoxy) is 1. The molecule has 0 radical (unpaired) electrons. The normalized spacial score (nSPS) is 33.9. The Labute approximate surface area is 128 Å². The van der Waals surface area contributed by atoms with Gasteiger partial charge in [0.25, 0.3) is 0 Å². The lowest BCUT2D eigenvalue weighted by molar-refractivity contribution is 0.00312. The van der Waals surface area contributed by atoms with Gasteiger partial charge in [0.2, 0.25) is 0 Å². The lowest BCUT2D eigenvalue weighted by atomic mass is 9.83. The van der Waals surface area contributed by atoms with Gasteiger partial charge in [-0.15, -0.1) is 0 Å². The summed E-state index contributed by atoms with van der Waals surface area (Å²) >= 11 is 0. The van der Waals surface area contributed by atoms with Gasteiger partial charge in [0.15, 0.2) is 0 Å². The number of carbonyl (C=O) groups is 1. The zero-order valence-corrected chi connectivity index (χ0v) is 13.9. The largest absolute Gasteiger partial charge is 0.444 e. The minimum Gasteiger partial charge on any atom is -0.444 e. The van der Waals surface area contributed by atoms with Crippen LogP contribution in [0.1, 0.15) is 53.4 Å². The van der Waals surface area contributed by atoms with Gasteiger partial charge in [-0.1, -0.05) is 6.42 Å². The Morgan fingerprint density at radius 3 is 2.48 bits per heavy atom. The van der Waals surface area contributed by atoms with E-state index >= 15 is 0 Å². The molecule has 1 heterocycles. The summed E-state index contributed by atoms with van der Waals surface area (Å²) in [5.74, 6) is 2.82. The van der Waals surface area contributed by atoms with Crippen LogP contribution in [0, 0.1) is 17.8 Å². The van der Waals surface area contributed by atoms with Gasteiger partial charge in [-0.3, -0.25) is 0 Å². The molecule has 4 unspecified atom stereocenters. The number of amides is 1. The summed E-state index contributed by atoms with van der Waals surface area (Å²) in [5, 5.41) is 3.74. The Kier molecular flexibility index (Phi) is 3.93. The van der Waals surface area contributed by atoms with Crippen LogP contribution in [0.4, 0.5) is 4.79 Å². The maximum atomic E-state index is 11.9. The first-order chi connectivity index (χ1) is 9.82. The molecule has 0 aromatic heterocycles. The molecule has 1 N–H and O–H groups in total. The molecule has 0 aromatic rings. The van der Waals surface area contributed by atoms with E-state index in [2.05, 4.69) is 12.2 Å². The molecule has 4 atom stereocenters. The van der Waals surface area contributed by atoms with E-state index in [4.69, 9.17) is 4.74 Å². The molecule has 4 heteroatoms. The molecule has 1 saturated heterocycles. The first kappa shape index (κ1) is 15.1. The number of fused-ring (bicyclic) bond motifs is 2. The van der Waals surface area contributed by atoms with Crippen molar-refractivity contribution in [1.29, 1.82) is 0 Å². The Morgan fingerprint density at radius 2 is 1.95 bits per heavy atom. The number of carbonyl (C=O) groups excluding carboxylic acids is 1. The van der Waals surface area contributed by atoms with Crippen molar-refractivity contribution in [1.82, 2.24) is 10.2 Å². The number of rotatable bonds is 3. The summed E-state index contributed by atoms with van der Waals surface area (Å²) in [7, 11) is 0. The van der Waals surface area contributed by atoms with Crippen molar-refractivity contribution in [3.63, 3.8) is 0 Å². The van der Waals surface area contributed by atoms with Crippen molar-refractivity contribution in [3.05, 3.63) is 0 Å². The third kappa shape index (κ3) is 3.36. The average Bonchev–Trinajstić information content (AvgIpc) is 2.92. The van der Waals surface area contributed by atoms with Crippen molar-refractivity contribution < 1.29 is 9.53 Å². The topological polar surface area (TPSA) is 41.6 Å². The van der Waals surface area contributed by atoms with E-state index in [1.807, 2.05) is 20.8 Å². The van der Waals surface area contributed by atoms with Gasteiger partial charge in [0.05, 0.1) is 0 Å². The zero-order valence-electron chi connectivity index (χ0n) is 13.9. The molecule has 2 bridgehead atoms. The SMILES string of the molecule is CC(NC1CN(C(=O)OC(C)(C)C)C1)C1CC2CCC1C2. The van der Waals surface area contributed by atoms with E-state index in [0.717, 1.165) is 30.8 Å². The van der Waals surface area contributed by atoms with Crippen LogP contribution in [0.2, 0.25) is 0 Å². The van der Waals surface area contributed by atoms with Crippen LogP contribution in [0.15, 0.2) is 0 Å². The van der Waals surface area contributed by atoms with Crippen LogP contribution < -0.4 is 5.32 Å². The molecule has 1 amide bonds. The number of hydrogen-bond donors (Lipinski definition) is 1. The van der Waals surface area contributed by atoms with Gasteiger partial charge in [0.1, 0.15) is 5.60 Å². The quantitative estimate of drug-likeness (QED) is 0.870. The third-order valence-corrected chi connectivity index (χ3v) is 5.47. The molecule has 0 spiro atoms. The summed E-state index contributed by atoms with van der Waals surface area (Å²) in [4.78, 5) is 13.7. The van der Waals surface area contributed by atoms with Crippen LogP contribution in [-0.4, -0.2) is 41.8 Å². The predicted octanol–water partition coefficient (Wildman–Crippen LogP) is 3.02. The monoisotopic (exact) mass is 294 g/mol. The molecular weight excluding hydrogens is 264 g/mol. The van der Waals surface area contributed by atoms with E-state index in [1.165, 1.54) is 25.7 Å². The Morgan fingerprint density at radius 1 is 1.24 bits per heavy atom. The zero-order chi connectivity index (χ0) is 15.2. The second kappa shape index (κ2) is 5.45. The summed E-state index contributed by atoms with van der Waals surface area (Å²) in [5.41, 5.74) is -0.397. The van der Waals surface area contributed by atoms with Gasteiger partial charge < -0.3 is 15.0 Å². The summed E-state index contributed by atoms with van der Waals surface area (Å²) in [6, 6.07) is 1.04. The number of nitrogens with one attached hydrogen (secondary N) is 1. The molecule has 4 nitrogen and oxygen atoms in total. The maximum absolute atomic E-state index is 11.9. The minimum absolute atomic E-state index is 0.173. The molecule has 0 aromatic carbocycles. The van der Waals surface area contributed by atoms with Crippen LogP contribution in [0.25, 0.3) is 0 Å². The van der Waals surface area contributed by atoms with Gasteiger partial charge in [0, 0.05) is 25.2 Å². The maximum Gasteiger partial charge on any atom is 0.410 e. The van der Waals surface area contributed by atoms with E-state index in [0.29, 0.717) is 12.1 Å². The molecule has 21 heavy (non-hydrogen) atoms. The van der Waals surface area contributed by atoms with Crippen molar-refractivity contribution in [3.8, 4) is 0 Å². The molecule has 3 fully saturated rings. The minimum atomic E-state index is -0.397. The molecule has 120 valence electrons. The highest BCUT2D eigenvalue weighted by molar-refractivity contribution is 5.69. The third-order valence-electron chi connectivity index (χ3n) is 5.47. The number of nitrogens with zero attached hydrogens (tertiary/aromatic N) is 1. The van der Waals surface area contributed by atoms with Crippen LogP contribution in [0.3, 0.4) is 0 Å². The molecule has 1 aliphatic heterocycles. The van der Waals surface area contributed by atoms with E-state index in [1.54, 1.807) is 4.90 Å². The average molecular weight is 294 g/mol. The Balaban J connectivity index is 1.40. The fourth-order valence-corrected chi connectivity index (χ4v) is 4.46. The molecule has 3 rings (SSSR count). The van der Waals surface area contributed by atoms with Crippen molar-refractivity contribution in [2.24, 2.45) is 17.8 Å². The lowest BCUT2D eigenvalue weighted by Gasteiger charge is -2.43. The van der Waals surface area contributed by atoms with Gasteiger partial charge in [-0.05, 0) is 64.7 Å². The van der Waals surface area contributed by atoms with Gasteiger partial charge >= 0.3 is 6.09 Å². The lowest BCUT2D eigenvalue weighted by Crippen LogP contribution is -2.62. The standard InChI is InChI=1S/C17H30N2O2/c1-11(15-8-12-5-6-13(15)7-12)18-14-9-19(10-14)16(20)21-17(2,3)4/h11-15,18H,5-10H2,1-4H3. The van der Waals surface area contributed by atoms with Crippen LogP contribution >= 0.6 is 0 Å². The molecule has 2 aliphatic carbocycles. The fourth-order valence-electron chi connectivity index (χ4n) is 4.46. The second-order valence-electron chi connectivity index (χ2n) is 8.38. The Bertz CT molecular complexity index is 398.